The Bertz CT molecular complexity index is 419. The van der Waals surface area contributed by atoms with Gasteiger partial charge in [-0.25, -0.2) is 0 Å². The smallest absolute Gasteiger partial charge is 0.0853 e. The van der Waals surface area contributed by atoms with Crippen molar-refractivity contribution in [2.75, 3.05) is 5.32 Å². The highest BCUT2D eigenvalue weighted by Crippen LogP contribution is 2.42. The molecule has 1 aliphatic heterocycles. The van der Waals surface area contributed by atoms with Gasteiger partial charge in [0.15, 0.2) is 0 Å². The third-order valence-corrected chi connectivity index (χ3v) is 5.10. The molecule has 0 spiro atoms. The average molecular weight is 245 g/mol. The molecule has 2 N–H and O–H groups in total. The number of benzene rings is 1. The normalized spacial score (nSPS) is 39.2. The van der Waals surface area contributed by atoms with Crippen LogP contribution in [0.3, 0.4) is 0 Å². The van der Waals surface area contributed by atoms with Gasteiger partial charge in [0.1, 0.15) is 0 Å². The predicted octanol–water partition coefficient (Wildman–Crippen LogP) is 3.21. The van der Waals surface area contributed by atoms with E-state index in [0.717, 1.165) is 31.6 Å². The molecule has 18 heavy (non-hydrogen) atoms. The van der Waals surface area contributed by atoms with Crippen LogP contribution in [0.4, 0.5) is 5.69 Å². The molecule has 98 valence electrons. The van der Waals surface area contributed by atoms with Crippen molar-refractivity contribution in [3.63, 3.8) is 0 Å². The molecule has 1 saturated carbocycles. The lowest BCUT2D eigenvalue weighted by Crippen LogP contribution is -2.50. The predicted molar refractivity (Wildman–Crippen MR) is 74.7 cm³/mol. The standard InChI is InChI=1S/C16H23NO/c1-11-7-8-16(18,10-12(11)2)15-9-13-5-3-4-6-14(13)17-15/h3-6,11-12,15,17-18H,7-10H2,1-2H3. The number of hydrogen-bond donors (Lipinski definition) is 2. The lowest BCUT2D eigenvalue weighted by molar-refractivity contribution is -0.0416. The third-order valence-electron chi connectivity index (χ3n) is 5.10. The van der Waals surface area contributed by atoms with E-state index < -0.39 is 5.60 Å². The first kappa shape index (κ1) is 12.0. The number of aliphatic hydroxyl groups is 1. The molecule has 1 aromatic carbocycles. The molecule has 0 radical (unpaired) electrons. The Morgan fingerprint density at radius 1 is 1.22 bits per heavy atom. The SMILES string of the molecule is CC1CCC(O)(C2Cc3ccccc3N2)CC1C. The topological polar surface area (TPSA) is 32.3 Å². The Morgan fingerprint density at radius 3 is 2.72 bits per heavy atom. The molecular formula is C16H23NO. The summed E-state index contributed by atoms with van der Waals surface area (Å²) in [5.41, 5.74) is 2.04. The number of para-hydroxylation sites is 1. The first-order chi connectivity index (χ1) is 8.58. The molecule has 2 aliphatic rings. The van der Waals surface area contributed by atoms with Crippen molar-refractivity contribution in [2.45, 2.75) is 51.2 Å². The quantitative estimate of drug-likeness (QED) is 0.796. The summed E-state index contributed by atoms with van der Waals surface area (Å²) in [7, 11) is 0. The highest BCUT2D eigenvalue weighted by molar-refractivity contribution is 5.57. The Hall–Kier alpha value is -1.02. The van der Waals surface area contributed by atoms with Crippen molar-refractivity contribution in [1.29, 1.82) is 0 Å². The van der Waals surface area contributed by atoms with Crippen LogP contribution in [-0.4, -0.2) is 16.7 Å². The Kier molecular flexibility index (Phi) is 2.86. The van der Waals surface area contributed by atoms with Gasteiger partial charge in [0.2, 0.25) is 0 Å². The summed E-state index contributed by atoms with van der Waals surface area (Å²) in [6.07, 6.45) is 3.98. The van der Waals surface area contributed by atoms with Crippen molar-refractivity contribution < 1.29 is 5.11 Å². The fourth-order valence-corrected chi connectivity index (χ4v) is 3.56. The van der Waals surface area contributed by atoms with Gasteiger partial charge < -0.3 is 10.4 Å². The van der Waals surface area contributed by atoms with Gasteiger partial charge in [0.05, 0.1) is 11.6 Å². The van der Waals surface area contributed by atoms with Crippen molar-refractivity contribution >= 4 is 5.69 Å². The maximum absolute atomic E-state index is 11.0. The number of fused-ring (bicyclic) bond motifs is 1. The van der Waals surface area contributed by atoms with E-state index in [1.54, 1.807) is 0 Å². The second-order valence-corrected chi connectivity index (χ2v) is 6.36. The van der Waals surface area contributed by atoms with E-state index in [0.29, 0.717) is 5.92 Å². The van der Waals surface area contributed by atoms with Crippen LogP contribution in [0.2, 0.25) is 0 Å². The van der Waals surface area contributed by atoms with Crippen molar-refractivity contribution in [1.82, 2.24) is 0 Å². The molecule has 0 amide bonds. The van der Waals surface area contributed by atoms with Gasteiger partial charge in [0.25, 0.3) is 0 Å². The van der Waals surface area contributed by atoms with Gasteiger partial charge in [-0.05, 0) is 49.1 Å². The molecule has 4 unspecified atom stereocenters. The summed E-state index contributed by atoms with van der Waals surface area (Å²) in [5.74, 6) is 1.36. The first-order valence-electron chi connectivity index (χ1n) is 7.15. The van der Waals surface area contributed by atoms with Gasteiger partial charge in [-0.3, -0.25) is 0 Å². The summed E-state index contributed by atoms with van der Waals surface area (Å²) in [4.78, 5) is 0. The largest absolute Gasteiger partial charge is 0.388 e. The third kappa shape index (κ3) is 1.93. The summed E-state index contributed by atoms with van der Waals surface area (Å²) in [5, 5.41) is 14.5. The van der Waals surface area contributed by atoms with Gasteiger partial charge in [-0.2, -0.15) is 0 Å². The Balaban J connectivity index is 1.77. The zero-order valence-corrected chi connectivity index (χ0v) is 11.3. The molecule has 1 aromatic rings. The number of rotatable bonds is 1. The van der Waals surface area contributed by atoms with E-state index in [9.17, 15) is 5.11 Å². The van der Waals surface area contributed by atoms with Crippen LogP contribution in [0, 0.1) is 11.8 Å². The van der Waals surface area contributed by atoms with Crippen molar-refractivity contribution in [3.8, 4) is 0 Å². The molecule has 0 bridgehead atoms. The molecule has 0 saturated heterocycles. The Morgan fingerprint density at radius 2 is 2.00 bits per heavy atom. The molecular weight excluding hydrogens is 222 g/mol. The van der Waals surface area contributed by atoms with E-state index >= 15 is 0 Å². The van der Waals surface area contributed by atoms with Crippen LogP contribution >= 0.6 is 0 Å². The summed E-state index contributed by atoms with van der Waals surface area (Å²) in [6, 6.07) is 8.63. The minimum atomic E-state index is -0.523. The maximum Gasteiger partial charge on any atom is 0.0853 e. The van der Waals surface area contributed by atoms with Crippen LogP contribution in [0.1, 0.15) is 38.7 Å². The fraction of sp³-hybridized carbons (Fsp3) is 0.625. The molecule has 1 heterocycles. The molecule has 1 aliphatic carbocycles. The van der Waals surface area contributed by atoms with E-state index in [2.05, 4.69) is 43.4 Å². The fourth-order valence-electron chi connectivity index (χ4n) is 3.56. The van der Waals surface area contributed by atoms with Gasteiger partial charge >= 0.3 is 0 Å². The van der Waals surface area contributed by atoms with E-state index in [-0.39, 0.29) is 6.04 Å². The second-order valence-electron chi connectivity index (χ2n) is 6.36. The molecule has 4 atom stereocenters. The van der Waals surface area contributed by atoms with Crippen LogP contribution in [0.15, 0.2) is 24.3 Å². The summed E-state index contributed by atoms with van der Waals surface area (Å²) in [6.45, 7) is 4.58. The van der Waals surface area contributed by atoms with Crippen molar-refractivity contribution in [3.05, 3.63) is 29.8 Å². The minimum Gasteiger partial charge on any atom is -0.388 e. The number of nitrogens with one attached hydrogen (secondary N) is 1. The van der Waals surface area contributed by atoms with E-state index in [1.807, 2.05) is 0 Å². The lowest BCUT2D eigenvalue weighted by Gasteiger charge is -2.43. The highest BCUT2D eigenvalue weighted by atomic mass is 16.3. The molecule has 2 heteroatoms. The molecule has 2 nitrogen and oxygen atoms in total. The van der Waals surface area contributed by atoms with E-state index in [4.69, 9.17) is 0 Å². The monoisotopic (exact) mass is 245 g/mol. The first-order valence-corrected chi connectivity index (χ1v) is 7.15. The van der Waals surface area contributed by atoms with Crippen LogP contribution in [0.25, 0.3) is 0 Å². The van der Waals surface area contributed by atoms with Gasteiger partial charge in [-0.15, -0.1) is 0 Å². The van der Waals surface area contributed by atoms with E-state index in [1.165, 1.54) is 11.3 Å². The average Bonchev–Trinajstić information content (AvgIpc) is 2.79. The number of anilines is 1. The lowest BCUT2D eigenvalue weighted by atomic mass is 9.70. The van der Waals surface area contributed by atoms with Crippen LogP contribution in [-0.2, 0) is 6.42 Å². The zero-order valence-electron chi connectivity index (χ0n) is 11.3. The Labute approximate surface area is 109 Å². The number of hydrogen-bond acceptors (Lipinski definition) is 2. The second kappa shape index (κ2) is 4.27. The van der Waals surface area contributed by atoms with Crippen LogP contribution < -0.4 is 5.32 Å². The minimum absolute atomic E-state index is 0.199. The zero-order chi connectivity index (χ0) is 12.8. The molecule has 0 aromatic heterocycles. The summed E-state index contributed by atoms with van der Waals surface area (Å²) >= 11 is 0. The van der Waals surface area contributed by atoms with Gasteiger partial charge in [0, 0.05) is 5.69 Å². The van der Waals surface area contributed by atoms with Crippen LogP contribution in [0.5, 0.6) is 0 Å². The van der Waals surface area contributed by atoms with Crippen molar-refractivity contribution in [2.24, 2.45) is 11.8 Å². The van der Waals surface area contributed by atoms with Gasteiger partial charge in [-0.1, -0.05) is 32.0 Å². The summed E-state index contributed by atoms with van der Waals surface area (Å²) < 4.78 is 0. The maximum atomic E-state index is 11.0. The highest BCUT2D eigenvalue weighted by Gasteiger charge is 2.44. The molecule has 3 rings (SSSR count). The molecule has 1 fully saturated rings.